The average Bonchev–Trinajstić information content (AvgIpc) is 2.93. The van der Waals surface area contributed by atoms with Crippen molar-refractivity contribution in [2.75, 3.05) is 59.1 Å². The fourth-order valence-electron chi connectivity index (χ4n) is 1.93. The number of hydrogen-bond acceptors (Lipinski definition) is 7. The Bertz CT molecular complexity index is 376. The molecule has 1 rings (SSSR count). The summed E-state index contributed by atoms with van der Waals surface area (Å²) in [6.45, 7) is 6.59. The lowest BCUT2D eigenvalue weighted by molar-refractivity contribution is 0.171. The highest BCUT2D eigenvalue weighted by Crippen LogP contribution is 2.22. The number of anilines is 1. The molecule has 1 aromatic heterocycles. The molecule has 0 aliphatic rings. The molecular weight excluding hydrogens is 290 g/mol. The molecule has 1 atom stereocenters. The van der Waals surface area contributed by atoms with Crippen molar-refractivity contribution >= 4 is 16.5 Å². The van der Waals surface area contributed by atoms with Gasteiger partial charge in [-0.2, -0.15) is 0 Å². The standard InChI is InChI=1S/C14H27N3O3S/c1-12(10-20-4)17(6-8-19-3)14-16-13(11-21-14)9-15-5-7-18-2/h11-12,15H,5-10H2,1-4H3. The number of methoxy groups -OCH3 is 3. The molecule has 0 aromatic carbocycles. The molecule has 1 unspecified atom stereocenters. The van der Waals surface area contributed by atoms with Crippen LogP contribution in [0.25, 0.3) is 0 Å². The first kappa shape index (κ1) is 18.3. The Labute approximate surface area is 131 Å². The summed E-state index contributed by atoms with van der Waals surface area (Å²) in [6.07, 6.45) is 0. The summed E-state index contributed by atoms with van der Waals surface area (Å²) in [5.41, 5.74) is 1.05. The third kappa shape index (κ3) is 6.71. The summed E-state index contributed by atoms with van der Waals surface area (Å²) in [5, 5.41) is 6.41. The Hall–Kier alpha value is -0.730. The topological polar surface area (TPSA) is 55.9 Å². The molecule has 0 fully saturated rings. The van der Waals surface area contributed by atoms with Gasteiger partial charge < -0.3 is 24.4 Å². The van der Waals surface area contributed by atoms with Crippen LogP contribution in [0.3, 0.4) is 0 Å². The van der Waals surface area contributed by atoms with Gasteiger partial charge in [0.1, 0.15) is 0 Å². The van der Waals surface area contributed by atoms with E-state index in [0.717, 1.165) is 30.5 Å². The van der Waals surface area contributed by atoms with Gasteiger partial charge in [0, 0.05) is 46.3 Å². The van der Waals surface area contributed by atoms with Gasteiger partial charge in [-0.15, -0.1) is 11.3 Å². The van der Waals surface area contributed by atoms with Crippen LogP contribution in [0.1, 0.15) is 12.6 Å². The first-order valence-corrected chi connectivity index (χ1v) is 7.99. The largest absolute Gasteiger partial charge is 0.383 e. The normalized spacial score (nSPS) is 12.6. The number of nitrogens with zero attached hydrogens (tertiary/aromatic N) is 2. The minimum Gasteiger partial charge on any atom is -0.383 e. The van der Waals surface area contributed by atoms with Crippen molar-refractivity contribution in [3.05, 3.63) is 11.1 Å². The maximum atomic E-state index is 5.25. The number of nitrogens with one attached hydrogen (secondary N) is 1. The lowest BCUT2D eigenvalue weighted by atomic mass is 10.3. The quantitative estimate of drug-likeness (QED) is 0.588. The zero-order valence-corrected chi connectivity index (χ0v) is 14.2. The molecule has 0 spiro atoms. The van der Waals surface area contributed by atoms with Crippen molar-refractivity contribution in [3.63, 3.8) is 0 Å². The summed E-state index contributed by atoms with van der Waals surface area (Å²) >= 11 is 1.66. The van der Waals surface area contributed by atoms with Crippen molar-refractivity contribution in [1.82, 2.24) is 10.3 Å². The Morgan fingerprint density at radius 1 is 1.24 bits per heavy atom. The van der Waals surface area contributed by atoms with Crippen LogP contribution in [0, 0.1) is 0 Å². The highest BCUT2D eigenvalue weighted by atomic mass is 32.1. The Morgan fingerprint density at radius 3 is 2.67 bits per heavy atom. The minimum atomic E-state index is 0.269. The summed E-state index contributed by atoms with van der Waals surface area (Å²) in [7, 11) is 5.14. The minimum absolute atomic E-state index is 0.269. The van der Waals surface area contributed by atoms with E-state index in [-0.39, 0.29) is 6.04 Å². The maximum absolute atomic E-state index is 5.25. The van der Waals surface area contributed by atoms with E-state index in [1.54, 1.807) is 32.7 Å². The van der Waals surface area contributed by atoms with E-state index in [0.29, 0.717) is 19.8 Å². The fourth-order valence-corrected chi connectivity index (χ4v) is 2.88. The van der Waals surface area contributed by atoms with Crippen LogP contribution in [-0.2, 0) is 20.8 Å². The Morgan fingerprint density at radius 2 is 2.00 bits per heavy atom. The van der Waals surface area contributed by atoms with E-state index in [1.807, 2.05) is 0 Å². The van der Waals surface area contributed by atoms with Crippen LogP contribution in [0.5, 0.6) is 0 Å². The van der Waals surface area contributed by atoms with Crippen LogP contribution in [0.15, 0.2) is 5.38 Å². The molecule has 0 aliphatic carbocycles. The van der Waals surface area contributed by atoms with Gasteiger partial charge in [-0.3, -0.25) is 0 Å². The van der Waals surface area contributed by atoms with Crippen molar-refractivity contribution in [2.45, 2.75) is 19.5 Å². The smallest absolute Gasteiger partial charge is 0.185 e. The highest BCUT2D eigenvalue weighted by molar-refractivity contribution is 7.13. The fraction of sp³-hybridized carbons (Fsp3) is 0.786. The van der Waals surface area contributed by atoms with E-state index in [1.165, 1.54) is 0 Å². The van der Waals surface area contributed by atoms with Gasteiger partial charge in [0.05, 0.1) is 31.6 Å². The molecule has 1 aromatic rings. The second-order valence-corrected chi connectivity index (χ2v) is 5.62. The third-order valence-corrected chi connectivity index (χ3v) is 3.98. The molecule has 0 saturated heterocycles. The first-order valence-electron chi connectivity index (χ1n) is 7.11. The SMILES string of the molecule is COCCNCc1csc(N(CCOC)C(C)COC)n1. The predicted molar refractivity (Wildman–Crippen MR) is 86.3 cm³/mol. The van der Waals surface area contributed by atoms with Gasteiger partial charge in [-0.25, -0.2) is 4.98 Å². The molecule has 122 valence electrons. The third-order valence-electron chi connectivity index (χ3n) is 3.05. The lowest BCUT2D eigenvalue weighted by Crippen LogP contribution is -2.38. The summed E-state index contributed by atoms with van der Waals surface area (Å²) < 4.78 is 15.5. The van der Waals surface area contributed by atoms with Gasteiger partial charge in [-0.1, -0.05) is 0 Å². The molecule has 1 N–H and O–H groups in total. The maximum Gasteiger partial charge on any atom is 0.185 e. The van der Waals surface area contributed by atoms with Crippen molar-refractivity contribution in [2.24, 2.45) is 0 Å². The van der Waals surface area contributed by atoms with Gasteiger partial charge >= 0.3 is 0 Å². The predicted octanol–water partition coefficient (Wildman–Crippen LogP) is 1.37. The number of thiazole rings is 1. The van der Waals surface area contributed by atoms with Crippen LogP contribution in [0.2, 0.25) is 0 Å². The second-order valence-electron chi connectivity index (χ2n) is 4.78. The van der Waals surface area contributed by atoms with Gasteiger partial charge in [-0.05, 0) is 6.92 Å². The van der Waals surface area contributed by atoms with E-state index in [9.17, 15) is 0 Å². The summed E-state index contributed by atoms with van der Waals surface area (Å²) in [6, 6.07) is 0.269. The van der Waals surface area contributed by atoms with Crippen LogP contribution < -0.4 is 10.2 Å². The molecule has 1 heterocycles. The van der Waals surface area contributed by atoms with Crippen LogP contribution in [-0.4, -0.2) is 65.3 Å². The molecule has 7 heteroatoms. The van der Waals surface area contributed by atoms with Gasteiger partial charge in [0.15, 0.2) is 5.13 Å². The molecule has 0 radical (unpaired) electrons. The molecule has 0 saturated carbocycles. The van der Waals surface area contributed by atoms with Crippen molar-refractivity contribution in [1.29, 1.82) is 0 Å². The lowest BCUT2D eigenvalue weighted by Gasteiger charge is -2.28. The zero-order chi connectivity index (χ0) is 15.5. The molecular formula is C14H27N3O3S. The second kappa shape index (κ2) is 10.9. The average molecular weight is 317 g/mol. The number of aromatic nitrogens is 1. The molecule has 6 nitrogen and oxygen atoms in total. The van der Waals surface area contributed by atoms with Crippen LogP contribution in [0.4, 0.5) is 5.13 Å². The van der Waals surface area contributed by atoms with Gasteiger partial charge in [0.2, 0.25) is 0 Å². The van der Waals surface area contributed by atoms with E-state index in [2.05, 4.69) is 22.5 Å². The molecule has 0 amide bonds. The number of rotatable bonds is 12. The van der Waals surface area contributed by atoms with Crippen LogP contribution >= 0.6 is 11.3 Å². The number of ether oxygens (including phenoxy) is 3. The summed E-state index contributed by atoms with van der Waals surface area (Å²) in [4.78, 5) is 6.93. The van der Waals surface area contributed by atoms with E-state index < -0.39 is 0 Å². The Balaban J connectivity index is 2.58. The summed E-state index contributed by atoms with van der Waals surface area (Å²) in [5.74, 6) is 0. The van der Waals surface area contributed by atoms with Gasteiger partial charge in [0.25, 0.3) is 0 Å². The van der Waals surface area contributed by atoms with Crippen molar-refractivity contribution in [3.8, 4) is 0 Å². The monoisotopic (exact) mass is 317 g/mol. The zero-order valence-electron chi connectivity index (χ0n) is 13.4. The molecule has 0 bridgehead atoms. The molecule has 0 aliphatic heterocycles. The highest BCUT2D eigenvalue weighted by Gasteiger charge is 2.17. The number of hydrogen-bond donors (Lipinski definition) is 1. The Kier molecular flexibility index (Phi) is 9.53. The first-order chi connectivity index (χ1) is 10.2. The molecule has 21 heavy (non-hydrogen) atoms. The van der Waals surface area contributed by atoms with E-state index >= 15 is 0 Å². The van der Waals surface area contributed by atoms with Crippen molar-refractivity contribution < 1.29 is 14.2 Å². The van der Waals surface area contributed by atoms with E-state index in [4.69, 9.17) is 19.2 Å².